The van der Waals surface area contributed by atoms with Crippen molar-refractivity contribution in [1.82, 2.24) is 0 Å². The number of hydrogen-bond donors (Lipinski definition) is 0. The summed E-state index contributed by atoms with van der Waals surface area (Å²) in [6.07, 6.45) is 9.13. The Balaban J connectivity index is 1.79. The maximum Gasteiger partial charge on any atom is 0.330 e. The summed E-state index contributed by atoms with van der Waals surface area (Å²) in [4.78, 5) is 11.7. The zero-order chi connectivity index (χ0) is 18.9. The maximum absolute atomic E-state index is 11.7. The van der Waals surface area contributed by atoms with Crippen molar-refractivity contribution in [2.24, 2.45) is 0 Å². The molecule has 0 spiro atoms. The number of esters is 1. The van der Waals surface area contributed by atoms with Crippen LogP contribution < -0.4 is 4.74 Å². The Morgan fingerprint density at radius 2 is 1.85 bits per heavy atom. The van der Waals surface area contributed by atoms with Crippen LogP contribution in [0.3, 0.4) is 0 Å². The van der Waals surface area contributed by atoms with Gasteiger partial charge in [0.15, 0.2) is 0 Å². The van der Waals surface area contributed by atoms with Gasteiger partial charge in [0.2, 0.25) is 0 Å². The number of carbonyl (C=O) groups is 1. The molecule has 3 heteroatoms. The molecule has 1 aliphatic rings. The lowest BCUT2D eigenvalue weighted by molar-refractivity contribution is -0.137. The van der Waals surface area contributed by atoms with Crippen molar-refractivity contribution in [3.8, 4) is 5.75 Å². The third-order valence-electron chi connectivity index (χ3n) is 5.04. The minimum Gasteiger partial charge on any atom is -0.492 e. The summed E-state index contributed by atoms with van der Waals surface area (Å²) >= 11 is 0. The quantitative estimate of drug-likeness (QED) is 0.455. The summed E-state index contributed by atoms with van der Waals surface area (Å²) in [7, 11) is 0. The molecule has 0 amide bonds. The van der Waals surface area contributed by atoms with Crippen molar-refractivity contribution in [2.45, 2.75) is 44.9 Å². The van der Waals surface area contributed by atoms with Crippen molar-refractivity contribution >= 4 is 12.0 Å². The largest absolute Gasteiger partial charge is 0.492 e. The van der Waals surface area contributed by atoms with E-state index in [1.54, 1.807) is 0 Å². The second-order valence-electron chi connectivity index (χ2n) is 6.92. The van der Waals surface area contributed by atoms with Crippen LogP contribution in [-0.4, -0.2) is 19.2 Å². The Morgan fingerprint density at radius 1 is 1.07 bits per heavy atom. The molecule has 1 saturated carbocycles. The molecule has 0 unspecified atom stereocenters. The normalized spacial score (nSPS) is 14.6. The molecule has 0 aliphatic heterocycles. The molecule has 2 aromatic rings. The number of benzene rings is 2. The van der Waals surface area contributed by atoms with Crippen molar-refractivity contribution < 1.29 is 14.3 Å². The lowest BCUT2D eigenvalue weighted by Gasteiger charge is -2.18. The molecule has 2 aromatic carbocycles. The van der Waals surface area contributed by atoms with E-state index in [1.807, 2.05) is 25.1 Å². The van der Waals surface area contributed by atoms with Crippen LogP contribution in [0.25, 0.3) is 6.08 Å². The molecule has 0 atom stereocenters. The van der Waals surface area contributed by atoms with Crippen LogP contribution in [0.5, 0.6) is 5.75 Å². The number of hydrogen-bond acceptors (Lipinski definition) is 3. The SMILES string of the molecule is CCOC(=O)C=Cc1cccc(C2CCCC2)c1OCCc1ccccc1. The van der Waals surface area contributed by atoms with Gasteiger partial charge in [-0.15, -0.1) is 0 Å². The van der Waals surface area contributed by atoms with Gasteiger partial charge in [0.05, 0.1) is 13.2 Å². The van der Waals surface area contributed by atoms with Gasteiger partial charge in [0.25, 0.3) is 0 Å². The average molecular weight is 364 g/mol. The van der Waals surface area contributed by atoms with Gasteiger partial charge in [-0.25, -0.2) is 4.79 Å². The monoisotopic (exact) mass is 364 g/mol. The molecule has 0 heterocycles. The highest BCUT2D eigenvalue weighted by Gasteiger charge is 2.22. The summed E-state index contributed by atoms with van der Waals surface area (Å²) in [6.45, 7) is 2.81. The van der Waals surface area contributed by atoms with E-state index in [4.69, 9.17) is 9.47 Å². The summed E-state index contributed by atoms with van der Waals surface area (Å²) in [5.74, 6) is 1.15. The van der Waals surface area contributed by atoms with Gasteiger partial charge in [-0.3, -0.25) is 0 Å². The van der Waals surface area contributed by atoms with Crippen molar-refractivity contribution in [3.63, 3.8) is 0 Å². The number of ether oxygens (including phenoxy) is 2. The zero-order valence-electron chi connectivity index (χ0n) is 16.0. The highest BCUT2D eigenvalue weighted by molar-refractivity contribution is 5.87. The van der Waals surface area contributed by atoms with E-state index in [9.17, 15) is 4.79 Å². The maximum atomic E-state index is 11.7. The van der Waals surface area contributed by atoms with Crippen LogP contribution in [0.1, 0.15) is 55.2 Å². The second-order valence-corrected chi connectivity index (χ2v) is 6.92. The van der Waals surface area contributed by atoms with E-state index < -0.39 is 0 Å². The molecule has 3 rings (SSSR count). The van der Waals surface area contributed by atoms with Crippen LogP contribution in [0, 0.1) is 0 Å². The van der Waals surface area contributed by atoms with Crippen molar-refractivity contribution in [2.75, 3.05) is 13.2 Å². The molecule has 142 valence electrons. The Labute approximate surface area is 162 Å². The van der Waals surface area contributed by atoms with Gasteiger partial charge in [-0.2, -0.15) is 0 Å². The third kappa shape index (κ3) is 5.46. The van der Waals surface area contributed by atoms with E-state index in [1.165, 1.54) is 42.9 Å². The minimum atomic E-state index is -0.320. The Morgan fingerprint density at radius 3 is 2.59 bits per heavy atom. The molecular formula is C24H28O3. The van der Waals surface area contributed by atoms with Crippen LogP contribution >= 0.6 is 0 Å². The van der Waals surface area contributed by atoms with E-state index in [0.29, 0.717) is 19.1 Å². The molecule has 0 saturated heterocycles. The molecule has 1 aliphatic carbocycles. The minimum absolute atomic E-state index is 0.320. The van der Waals surface area contributed by atoms with E-state index in [0.717, 1.165) is 17.7 Å². The van der Waals surface area contributed by atoms with Crippen LogP contribution in [0.2, 0.25) is 0 Å². The van der Waals surface area contributed by atoms with Crippen molar-refractivity contribution in [1.29, 1.82) is 0 Å². The lowest BCUT2D eigenvalue weighted by Crippen LogP contribution is -2.07. The van der Waals surface area contributed by atoms with Crippen LogP contribution in [0.4, 0.5) is 0 Å². The molecule has 0 bridgehead atoms. The first-order valence-electron chi connectivity index (χ1n) is 9.92. The van der Waals surface area contributed by atoms with Crippen molar-refractivity contribution in [3.05, 3.63) is 71.3 Å². The summed E-state index contributed by atoms with van der Waals surface area (Å²) in [6, 6.07) is 16.6. The van der Waals surface area contributed by atoms with Gasteiger partial charge in [0.1, 0.15) is 5.75 Å². The highest BCUT2D eigenvalue weighted by atomic mass is 16.5. The van der Waals surface area contributed by atoms with E-state index in [-0.39, 0.29) is 5.97 Å². The molecule has 1 fully saturated rings. The Kier molecular flexibility index (Phi) is 7.09. The topological polar surface area (TPSA) is 35.5 Å². The third-order valence-corrected chi connectivity index (χ3v) is 5.04. The Hall–Kier alpha value is -2.55. The second kappa shape index (κ2) is 9.96. The molecule has 27 heavy (non-hydrogen) atoms. The fraction of sp³-hybridized carbons (Fsp3) is 0.375. The average Bonchev–Trinajstić information content (AvgIpc) is 3.22. The highest BCUT2D eigenvalue weighted by Crippen LogP contribution is 2.40. The van der Waals surface area contributed by atoms with Gasteiger partial charge < -0.3 is 9.47 Å². The number of carbonyl (C=O) groups excluding carboxylic acids is 1. The standard InChI is InChI=1S/C24H28O3/c1-2-26-23(25)16-15-21-13-8-14-22(20-11-6-7-12-20)24(21)27-18-17-19-9-4-3-5-10-19/h3-5,8-10,13-16,20H,2,6-7,11-12,17-18H2,1H3. The van der Waals surface area contributed by atoms with Gasteiger partial charge >= 0.3 is 5.97 Å². The first kappa shape index (κ1) is 19.2. The number of para-hydroxylation sites is 1. The van der Waals surface area contributed by atoms with Crippen LogP contribution in [-0.2, 0) is 16.0 Å². The molecular weight excluding hydrogens is 336 g/mol. The molecule has 3 nitrogen and oxygen atoms in total. The lowest BCUT2D eigenvalue weighted by atomic mass is 9.94. The molecule has 0 N–H and O–H groups in total. The zero-order valence-corrected chi connectivity index (χ0v) is 16.0. The summed E-state index contributed by atoms with van der Waals surface area (Å²) in [5, 5.41) is 0. The van der Waals surface area contributed by atoms with Gasteiger partial charge in [0, 0.05) is 18.1 Å². The van der Waals surface area contributed by atoms with E-state index in [2.05, 4.69) is 36.4 Å². The first-order chi connectivity index (χ1) is 13.3. The summed E-state index contributed by atoms with van der Waals surface area (Å²) < 4.78 is 11.3. The summed E-state index contributed by atoms with van der Waals surface area (Å²) in [5.41, 5.74) is 3.48. The predicted molar refractivity (Wildman–Crippen MR) is 109 cm³/mol. The van der Waals surface area contributed by atoms with Gasteiger partial charge in [-0.05, 0) is 42.9 Å². The predicted octanol–water partition coefficient (Wildman–Crippen LogP) is 5.54. The first-order valence-corrected chi connectivity index (χ1v) is 9.92. The van der Waals surface area contributed by atoms with E-state index >= 15 is 0 Å². The fourth-order valence-corrected chi connectivity index (χ4v) is 3.69. The number of rotatable bonds is 8. The smallest absolute Gasteiger partial charge is 0.330 e. The van der Waals surface area contributed by atoms with Crippen LogP contribution in [0.15, 0.2) is 54.6 Å². The fourth-order valence-electron chi connectivity index (χ4n) is 3.69. The molecule has 0 aromatic heterocycles. The molecule has 0 radical (unpaired) electrons. The van der Waals surface area contributed by atoms with Gasteiger partial charge in [-0.1, -0.05) is 61.4 Å². The Bertz CT molecular complexity index is 758.